The molecule has 0 aromatic heterocycles. The molecule has 0 saturated heterocycles. The highest BCUT2D eigenvalue weighted by molar-refractivity contribution is 8.03. The van der Waals surface area contributed by atoms with E-state index >= 15 is 0 Å². The number of hydrogen-bond donors (Lipinski definition) is 1. The van der Waals surface area contributed by atoms with Gasteiger partial charge in [-0.2, -0.15) is 0 Å². The molecular weight excluding hydrogens is 190 g/mol. The first kappa shape index (κ1) is 10.9. The Hall–Kier alpha value is -1.15. The zero-order valence-corrected chi connectivity index (χ0v) is 9.02. The zero-order valence-electron chi connectivity index (χ0n) is 8.20. The van der Waals surface area contributed by atoms with Crippen LogP contribution in [0.4, 0.5) is 0 Å². The Balaban J connectivity index is 2.27. The normalized spacial score (nSPS) is 9.43. The first-order valence-corrected chi connectivity index (χ1v) is 5.52. The van der Waals surface area contributed by atoms with Crippen molar-refractivity contribution in [2.75, 3.05) is 5.75 Å². The van der Waals surface area contributed by atoms with Crippen LogP contribution in [0.15, 0.2) is 54.6 Å². The van der Waals surface area contributed by atoms with Crippen LogP contribution in [0, 0.1) is 0 Å². The maximum absolute atomic E-state index is 3.91. The van der Waals surface area contributed by atoms with Crippen LogP contribution in [0.3, 0.4) is 0 Å². The van der Waals surface area contributed by atoms with Crippen LogP contribution in [-0.4, -0.2) is 5.75 Å². The first-order valence-electron chi connectivity index (χ1n) is 4.53. The summed E-state index contributed by atoms with van der Waals surface area (Å²) in [6.07, 6.45) is 1.88. The molecule has 1 aromatic carbocycles. The smallest absolute Gasteiger partial charge is 0.0613 e. The van der Waals surface area contributed by atoms with E-state index in [2.05, 4.69) is 30.6 Å². The van der Waals surface area contributed by atoms with Crippen LogP contribution in [0.5, 0.6) is 0 Å². The molecule has 1 nitrogen and oxygen atoms in total. The van der Waals surface area contributed by atoms with Crippen molar-refractivity contribution >= 4 is 11.8 Å². The van der Waals surface area contributed by atoms with Gasteiger partial charge in [-0.25, -0.2) is 0 Å². The molecule has 0 aliphatic carbocycles. The summed E-state index contributed by atoms with van der Waals surface area (Å²) in [6, 6.07) is 10.3. The van der Waals surface area contributed by atoms with Gasteiger partial charge in [0, 0.05) is 12.3 Å². The fraction of sp³-hybridized carbons (Fsp3) is 0.167. The Kier molecular flexibility index (Phi) is 4.94. The Morgan fingerprint density at radius 3 is 2.71 bits per heavy atom. The highest BCUT2D eigenvalue weighted by atomic mass is 32.2. The topological polar surface area (TPSA) is 12.0 Å². The van der Waals surface area contributed by atoms with E-state index in [1.807, 2.05) is 24.3 Å². The van der Waals surface area contributed by atoms with Gasteiger partial charge < -0.3 is 5.32 Å². The van der Waals surface area contributed by atoms with E-state index in [0.717, 1.165) is 17.3 Å². The van der Waals surface area contributed by atoms with E-state index in [1.165, 1.54) is 5.56 Å². The Morgan fingerprint density at radius 1 is 1.36 bits per heavy atom. The second-order valence-corrected chi connectivity index (χ2v) is 3.98. The second-order valence-electron chi connectivity index (χ2n) is 2.86. The maximum Gasteiger partial charge on any atom is 0.0613 e. The minimum atomic E-state index is 0.837. The summed E-state index contributed by atoms with van der Waals surface area (Å²) < 4.78 is 0. The number of benzene rings is 1. The highest BCUT2D eigenvalue weighted by Gasteiger charge is 1.93. The van der Waals surface area contributed by atoms with Gasteiger partial charge in [0.15, 0.2) is 0 Å². The zero-order chi connectivity index (χ0) is 10.2. The van der Waals surface area contributed by atoms with Gasteiger partial charge >= 0.3 is 0 Å². The molecule has 0 radical (unpaired) electrons. The summed E-state index contributed by atoms with van der Waals surface area (Å²) >= 11 is 1.67. The van der Waals surface area contributed by atoms with Crippen LogP contribution in [-0.2, 0) is 6.54 Å². The van der Waals surface area contributed by atoms with Gasteiger partial charge in [0.2, 0.25) is 0 Å². The standard InChI is InChI=1S/C12H15NS/c1-3-9-14-11(2)13-10-12-7-5-4-6-8-12/h3-8,13H,1-2,9-10H2. The lowest BCUT2D eigenvalue weighted by Crippen LogP contribution is -2.09. The van der Waals surface area contributed by atoms with Gasteiger partial charge in [-0.3, -0.25) is 0 Å². The molecule has 0 atom stereocenters. The SMILES string of the molecule is C=CCSC(=C)NCc1ccccc1. The van der Waals surface area contributed by atoms with E-state index in [-0.39, 0.29) is 0 Å². The molecular formula is C12H15NS. The van der Waals surface area contributed by atoms with Crippen LogP contribution in [0.25, 0.3) is 0 Å². The summed E-state index contributed by atoms with van der Waals surface area (Å²) in [5.41, 5.74) is 1.27. The molecule has 14 heavy (non-hydrogen) atoms. The highest BCUT2D eigenvalue weighted by Crippen LogP contribution is 2.10. The molecule has 0 saturated carbocycles. The van der Waals surface area contributed by atoms with Crippen LogP contribution >= 0.6 is 11.8 Å². The quantitative estimate of drug-likeness (QED) is 0.716. The third-order valence-corrected chi connectivity index (χ3v) is 2.60. The van der Waals surface area contributed by atoms with Gasteiger partial charge in [-0.15, -0.1) is 18.3 Å². The van der Waals surface area contributed by atoms with E-state index < -0.39 is 0 Å². The maximum atomic E-state index is 3.91. The number of nitrogens with one attached hydrogen (secondary N) is 1. The van der Waals surface area contributed by atoms with Gasteiger partial charge in [-0.05, 0) is 5.56 Å². The summed E-state index contributed by atoms with van der Waals surface area (Å²) in [6.45, 7) is 8.41. The lowest BCUT2D eigenvalue weighted by Gasteiger charge is -2.07. The molecule has 74 valence electrons. The molecule has 0 bridgehead atoms. The molecule has 0 aliphatic rings. The molecule has 0 fully saturated rings. The number of hydrogen-bond acceptors (Lipinski definition) is 2. The molecule has 0 aliphatic heterocycles. The van der Waals surface area contributed by atoms with E-state index in [0.29, 0.717) is 0 Å². The first-order chi connectivity index (χ1) is 6.83. The fourth-order valence-corrected chi connectivity index (χ4v) is 1.50. The molecule has 0 amide bonds. The minimum absolute atomic E-state index is 0.837. The van der Waals surface area contributed by atoms with E-state index in [9.17, 15) is 0 Å². The largest absolute Gasteiger partial charge is 0.376 e. The predicted octanol–water partition coefficient (Wildman–Crippen LogP) is 3.17. The molecule has 1 N–H and O–H groups in total. The second kappa shape index (κ2) is 6.33. The molecule has 2 heteroatoms. The van der Waals surface area contributed by atoms with Crippen molar-refractivity contribution in [2.45, 2.75) is 6.54 Å². The lowest BCUT2D eigenvalue weighted by atomic mass is 10.2. The van der Waals surface area contributed by atoms with Gasteiger partial charge in [-0.1, -0.05) is 43.0 Å². The average molecular weight is 205 g/mol. The summed E-state index contributed by atoms with van der Waals surface area (Å²) in [5, 5.41) is 4.25. The van der Waals surface area contributed by atoms with Crippen molar-refractivity contribution in [1.82, 2.24) is 5.32 Å². The summed E-state index contributed by atoms with van der Waals surface area (Å²) in [7, 11) is 0. The monoisotopic (exact) mass is 205 g/mol. The third-order valence-electron chi connectivity index (χ3n) is 1.71. The predicted molar refractivity (Wildman–Crippen MR) is 65.1 cm³/mol. The van der Waals surface area contributed by atoms with Crippen LogP contribution < -0.4 is 5.32 Å². The number of thioether (sulfide) groups is 1. The van der Waals surface area contributed by atoms with Crippen molar-refractivity contribution in [3.05, 3.63) is 60.2 Å². The lowest BCUT2D eigenvalue weighted by molar-refractivity contribution is 0.859. The van der Waals surface area contributed by atoms with Crippen LogP contribution in [0.1, 0.15) is 5.56 Å². The Labute approximate surface area is 89.9 Å². The van der Waals surface area contributed by atoms with Crippen molar-refractivity contribution in [1.29, 1.82) is 0 Å². The minimum Gasteiger partial charge on any atom is -0.376 e. The van der Waals surface area contributed by atoms with E-state index in [4.69, 9.17) is 0 Å². The molecule has 1 rings (SSSR count). The van der Waals surface area contributed by atoms with Crippen molar-refractivity contribution in [3.8, 4) is 0 Å². The fourth-order valence-electron chi connectivity index (χ4n) is 1.01. The molecule has 0 spiro atoms. The molecule has 1 aromatic rings. The third kappa shape index (κ3) is 4.19. The van der Waals surface area contributed by atoms with Crippen molar-refractivity contribution in [3.63, 3.8) is 0 Å². The Bertz CT molecular complexity index is 292. The van der Waals surface area contributed by atoms with Gasteiger partial charge in [0.1, 0.15) is 0 Å². The summed E-state index contributed by atoms with van der Waals surface area (Å²) in [5.74, 6) is 0.903. The van der Waals surface area contributed by atoms with Crippen molar-refractivity contribution in [2.24, 2.45) is 0 Å². The average Bonchev–Trinajstić information content (AvgIpc) is 2.25. The van der Waals surface area contributed by atoms with Gasteiger partial charge in [0.25, 0.3) is 0 Å². The summed E-state index contributed by atoms with van der Waals surface area (Å²) in [4.78, 5) is 0. The van der Waals surface area contributed by atoms with Crippen LogP contribution in [0.2, 0.25) is 0 Å². The van der Waals surface area contributed by atoms with Gasteiger partial charge in [0.05, 0.1) is 5.03 Å². The number of rotatable bonds is 6. The Morgan fingerprint density at radius 2 is 2.07 bits per heavy atom. The molecule has 0 unspecified atom stereocenters. The van der Waals surface area contributed by atoms with Crippen molar-refractivity contribution < 1.29 is 0 Å². The van der Waals surface area contributed by atoms with E-state index in [1.54, 1.807) is 11.8 Å². The molecule has 0 heterocycles.